The summed E-state index contributed by atoms with van der Waals surface area (Å²) in [7, 11) is 0. The first-order valence-corrected chi connectivity index (χ1v) is 9.29. The molecule has 0 atom stereocenters. The molecule has 3 aromatic heterocycles. The Bertz CT molecular complexity index is 1070. The van der Waals surface area contributed by atoms with Crippen molar-refractivity contribution < 1.29 is 13.2 Å². The smallest absolute Gasteiger partial charge is 0.375 e. The van der Waals surface area contributed by atoms with Crippen LogP contribution < -0.4 is 5.73 Å². The number of thiazole rings is 1. The van der Waals surface area contributed by atoms with Crippen LogP contribution in [-0.2, 0) is 18.0 Å². The number of pyridine rings is 1. The third-order valence-corrected chi connectivity index (χ3v) is 5.29. The number of aromatic nitrogens is 4. The van der Waals surface area contributed by atoms with Crippen molar-refractivity contribution in [1.82, 2.24) is 19.5 Å². The minimum absolute atomic E-state index is 0.224. The predicted octanol–water partition coefficient (Wildman–Crippen LogP) is 4.73. The molecule has 0 fully saturated rings. The van der Waals surface area contributed by atoms with Gasteiger partial charge in [-0.25, -0.2) is 15.0 Å². The van der Waals surface area contributed by atoms with Crippen LogP contribution in [0.4, 0.5) is 18.3 Å². The Labute approximate surface area is 157 Å². The molecule has 4 rings (SSSR count). The number of nitrogens with two attached hydrogens (primary N) is 1. The monoisotopic (exact) mass is 393 g/mol. The Morgan fingerprint density at radius 2 is 1.81 bits per heavy atom. The maximum absolute atomic E-state index is 13.2. The van der Waals surface area contributed by atoms with Crippen LogP contribution in [0.1, 0.15) is 49.3 Å². The summed E-state index contributed by atoms with van der Waals surface area (Å²) in [5, 5.41) is 0.488. The third-order valence-electron chi connectivity index (χ3n) is 4.41. The Balaban J connectivity index is 1.98. The number of nitrogen functional groups attached to an aromatic ring is 1. The van der Waals surface area contributed by atoms with E-state index in [1.54, 1.807) is 4.57 Å². The van der Waals surface area contributed by atoms with Gasteiger partial charge in [0.05, 0.1) is 10.6 Å². The van der Waals surface area contributed by atoms with Crippen molar-refractivity contribution in [3.05, 3.63) is 34.2 Å². The second kappa shape index (κ2) is 5.79. The highest BCUT2D eigenvalue weighted by Crippen LogP contribution is 2.37. The van der Waals surface area contributed by atoms with Gasteiger partial charge in [0.25, 0.3) is 0 Å². The molecule has 0 saturated carbocycles. The molecule has 9 heteroatoms. The Morgan fingerprint density at radius 3 is 2.48 bits per heavy atom. The number of hydrogen-bond donors (Lipinski definition) is 1. The van der Waals surface area contributed by atoms with E-state index in [1.807, 2.05) is 26.8 Å². The normalized spacial score (nSPS) is 15.1. The van der Waals surface area contributed by atoms with E-state index in [-0.39, 0.29) is 11.1 Å². The van der Waals surface area contributed by atoms with E-state index < -0.39 is 11.9 Å². The van der Waals surface area contributed by atoms with Gasteiger partial charge in [-0.15, -0.1) is 0 Å². The molecule has 0 radical (unpaired) electrons. The van der Waals surface area contributed by atoms with Gasteiger partial charge in [0, 0.05) is 11.1 Å². The van der Waals surface area contributed by atoms with Gasteiger partial charge in [0.1, 0.15) is 17.0 Å². The lowest BCUT2D eigenvalue weighted by atomic mass is 9.95. The number of fused-ring (bicyclic) bond motifs is 2. The minimum Gasteiger partial charge on any atom is -0.375 e. The van der Waals surface area contributed by atoms with E-state index >= 15 is 0 Å². The van der Waals surface area contributed by atoms with Gasteiger partial charge in [0.2, 0.25) is 0 Å². The van der Waals surface area contributed by atoms with Crippen LogP contribution in [0.3, 0.4) is 0 Å². The fourth-order valence-electron chi connectivity index (χ4n) is 3.21. The number of nitrogens with zero attached hydrogens (tertiary/aromatic N) is 4. The number of halogens is 3. The molecule has 0 unspecified atom stereocenters. The number of aryl methyl sites for hydroxylation is 1. The lowest BCUT2D eigenvalue weighted by Crippen LogP contribution is -2.20. The maximum Gasteiger partial charge on any atom is 0.433 e. The van der Waals surface area contributed by atoms with E-state index in [2.05, 4.69) is 15.0 Å². The first-order valence-electron chi connectivity index (χ1n) is 8.47. The molecular formula is C18H18F3N5S. The highest BCUT2D eigenvalue weighted by molar-refractivity contribution is 7.16. The van der Waals surface area contributed by atoms with Crippen LogP contribution in [0.5, 0.6) is 0 Å². The summed E-state index contributed by atoms with van der Waals surface area (Å²) in [6.07, 6.45) is -1.27. The molecule has 0 bridgehead atoms. The van der Waals surface area contributed by atoms with Gasteiger partial charge in [-0.05, 0) is 31.1 Å². The maximum atomic E-state index is 13.2. The summed E-state index contributed by atoms with van der Waals surface area (Å²) in [6.45, 7) is 5.94. The fraction of sp³-hybridized carbons (Fsp3) is 0.389. The average Bonchev–Trinajstić information content (AvgIpc) is 3.11. The zero-order valence-electron chi connectivity index (χ0n) is 15.1. The van der Waals surface area contributed by atoms with Crippen LogP contribution >= 0.6 is 11.3 Å². The van der Waals surface area contributed by atoms with Crippen molar-refractivity contribution in [1.29, 1.82) is 0 Å². The Hall–Kier alpha value is -2.42. The fourth-order valence-corrected chi connectivity index (χ4v) is 4.05. The molecule has 27 heavy (non-hydrogen) atoms. The van der Waals surface area contributed by atoms with Gasteiger partial charge in [-0.1, -0.05) is 32.1 Å². The average molecular weight is 393 g/mol. The summed E-state index contributed by atoms with van der Waals surface area (Å²) in [5.41, 5.74) is 6.96. The molecule has 0 aromatic carbocycles. The van der Waals surface area contributed by atoms with Crippen LogP contribution in [-0.4, -0.2) is 19.5 Å². The van der Waals surface area contributed by atoms with Crippen LogP contribution in [0, 0.1) is 0 Å². The molecule has 3 heterocycles. The zero-order valence-corrected chi connectivity index (χ0v) is 15.9. The second-order valence-corrected chi connectivity index (χ2v) is 8.62. The number of hydrogen-bond acceptors (Lipinski definition) is 5. The second-order valence-electron chi connectivity index (χ2n) is 7.56. The minimum atomic E-state index is -4.51. The summed E-state index contributed by atoms with van der Waals surface area (Å²) < 4.78 is 41.4. The lowest BCUT2D eigenvalue weighted by molar-refractivity contribution is -0.141. The van der Waals surface area contributed by atoms with Crippen molar-refractivity contribution in [2.75, 3.05) is 5.73 Å². The Kier molecular flexibility index (Phi) is 3.85. The number of anilines is 1. The number of imidazole rings is 1. The van der Waals surface area contributed by atoms with E-state index in [0.717, 1.165) is 22.3 Å². The molecule has 3 aromatic rings. The molecular weight excluding hydrogens is 375 g/mol. The van der Waals surface area contributed by atoms with Crippen molar-refractivity contribution in [3.63, 3.8) is 0 Å². The summed E-state index contributed by atoms with van der Waals surface area (Å²) in [4.78, 5) is 13.8. The topological polar surface area (TPSA) is 69.6 Å². The largest absolute Gasteiger partial charge is 0.433 e. The lowest BCUT2D eigenvalue weighted by Gasteiger charge is -2.23. The van der Waals surface area contributed by atoms with Gasteiger partial charge in [-0.2, -0.15) is 13.2 Å². The zero-order chi connectivity index (χ0) is 19.6. The van der Waals surface area contributed by atoms with Gasteiger partial charge < -0.3 is 5.73 Å². The van der Waals surface area contributed by atoms with Gasteiger partial charge in [-0.3, -0.25) is 4.57 Å². The summed E-state index contributed by atoms with van der Waals surface area (Å²) >= 11 is 1.37. The van der Waals surface area contributed by atoms with Crippen molar-refractivity contribution >= 4 is 39.4 Å². The molecule has 0 spiro atoms. The van der Waals surface area contributed by atoms with Crippen molar-refractivity contribution in [2.24, 2.45) is 0 Å². The molecule has 0 amide bonds. The summed E-state index contributed by atoms with van der Waals surface area (Å²) in [6, 6.07) is 2.36. The summed E-state index contributed by atoms with van der Waals surface area (Å²) in [5.74, 6) is 0.677. The SMILES string of the molecule is CC(C)(C)c1nc2ccc(C(F)(F)F)nc2n1C1=Cc2sc(N)nc2CC1. The first-order chi connectivity index (χ1) is 12.5. The van der Waals surface area contributed by atoms with Crippen molar-refractivity contribution in [3.8, 4) is 0 Å². The highest BCUT2D eigenvalue weighted by Gasteiger charge is 2.34. The third kappa shape index (κ3) is 3.09. The quantitative estimate of drug-likeness (QED) is 0.649. The van der Waals surface area contributed by atoms with E-state index in [0.29, 0.717) is 29.3 Å². The number of alkyl halides is 3. The highest BCUT2D eigenvalue weighted by atomic mass is 32.1. The molecule has 1 aliphatic carbocycles. The molecule has 142 valence electrons. The molecule has 2 N–H and O–H groups in total. The van der Waals surface area contributed by atoms with Crippen LogP contribution in [0.15, 0.2) is 12.1 Å². The van der Waals surface area contributed by atoms with Gasteiger partial charge >= 0.3 is 6.18 Å². The van der Waals surface area contributed by atoms with Gasteiger partial charge in [0.15, 0.2) is 10.8 Å². The van der Waals surface area contributed by atoms with Crippen LogP contribution in [0.2, 0.25) is 0 Å². The van der Waals surface area contributed by atoms with Crippen molar-refractivity contribution in [2.45, 2.75) is 45.2 Å². The molecule has 1 aliphatic rings. The molecule has 0 saturated heterocycles. The standard InChI is InChI=1S/C18H18F3N5S/c1-17(2,3)15-23-11-6-7-13(18(19,20)21)25-14(11)26(15)9-4-5-10-12(8-9)27-16(22)24-10/h6-8H,4-5H2,1-3H3,(H2,22,24). The van der Waals surface area contributed by atoms with E-state index in [9.17, 15) is 13.2 Å². The first kappa shape index (κ1) is 18.0. The Morgan fingerprint density at radius 1 is 1.07 bits per heavy atom. The number of rotatable bonds is 1. The van der Waals surface area contributed by atoms with E-state index in [1.165, 1.54) is 17.4 Å². The van der Waals surface area contributed by atoms with Crippen LogP contribution in [0.25, 0.3) is 22.9 Å². The predicted molar refractivity (Wildman–Crippen MR) is 100 cm³/mol. The number of allylic oxidation sites excluding steroid dienone is 1. The van der Waals surface area contributed by atoms with E-state index in [4.69, 9.17) is 5.73 Å². The molecule has 0 aliphatic heterocycles. The molecule has 5 nitrogen and oxygen atoms in total.